The standard InChI is InChI=1S/C14H15Cl2NO3/c1-11(12-5-3-2-4-6-12)17(13(18)9-15)7-8-20-14(19)10-16/h2-6H,1,7-10H2. The van der Waals surface area contributed by atoms with Gasteiger partial charge in [-0.15, -0.1) is 23.2 Å². The molecule has 0 aliphatic heterocycles. The summed E-state index contributed by atoms with van der Waals surface area (Å²) >= 11 is 10.9. The van der Waals surface area contributed by atoms with Crippen LogP contribution in [0.15, 0.2) is 36.9 Å². The molecule has 0 saturated carbocycles. The van der Waals surface area contributed by atoms with Gasteiger partial charge in [-0.3, -0.25) is 9.59 Å². The first-order valence-electron chi connectivity index (χ1n) is 5.92. The van der Waals surface area contributed by atoms with Crippen molar-refractivity contribution in [2.45, 2.75) is 0 Å². The molecule has 0 saturated heterocycles. The number of amides is 1. The lowest BCUT2D eigenvalue weighted by atomic mass is 10.1. The monoisotopic (exact) mass is 315 g/mol. The first-order valence-corrected chi connectivity index (χ1v) is 6.99. The van der Waals surface area contributed by atoms with Crippen molar-refractivity contribution in [3.8, 4) is 0 Å². The first-order chi connectivity index (χ1) is 9.60. The van der Waals surface area contributed by atoms with Crippen molar-refractivity contribution in [3.05, 3.63) is 42.5 Å². The lowest BCUT2D eigenvalue weighted by Crippen LogP contribution is -2.33. The molecule has 6 heteroatoms. The van der Waals surface area contributed by atoms with Crippen LogP contribution in [0.1, 0.15) is 5.56 Å². The number of benzene rings is 1. The summed E-state index contributed by atoms with van der Waals surface area (Å²) in [6, 6.07) is 9.23. The summed E-state index contributed by atoms with van der Waals surface area (Å²) < 4.78 is 4.85. The molecule has 0 N–H and O–H groups in total. The maximum atomic E-state index is 11.8. The quantitative estimate of drug-likeness (QED) is 0.573. The van der Waals surface area contributed by atoms with Crippen LogP contribution in [0.2, 0.25) is 0 Å². The largest absolute Gasteiger partial charge is 0.463 e. The molecule has 20 heavy (non-hydrogen) atoms. The molecule has 0 aromatic heterocycles. The number of hydrogen-bond acceptors (Lipinski definition) is 3. The van der Waals surface area contributed by atoms with E-state index in [2.05, 4.69) is 6.58 Å². The molecule has 1 aromatic rings. The molecule has 1 aromatic carbocycles. The highest BCUT2D eigenvalue weighted by Crippen LogP contribution is 2.17. The normalized spacial score (nSPS) is 9.90. The van der Waals surface area contributed by atoms with E-state index in [1.807, 2.05) is 30.3 Å². The van der Waals surface area contributed by atoms with Crippen molar-refractivity contribution >= 4 is 40.8 Å². The van der Waals surface area contributed by atoms with Crippen LogP contribution in [0.25, 0.3) is 5.70 Å². The average molecular weight is 316 g/mol. The van der Waals surface area contributed by atoms with Gasteiger partial charge in [0.05, 0.1) is 6.54 Å². The summed E-state index contributed by atoms with van der Waals surface area (Å²) in [4.78, 5) is 24.2. The van der Waals surface area contributed by atoms with E-state index in [0.29, 0.717) is 5.70 Å². The minimum absolute atomic E-state index is 0.0417. The maximum Gasteiger partial charge on any atom is 0.320 e. The Labute approximate surface area is 127 Å². The molecule has 4 nitrogen and oxygen atoms in total. The van der Waals surface area contributed by atoms with Gasteiger partial charge >= 0.3 is 5.97 Å². The van der Waals surface area contributed by atoms with Crippen LogP contribution >= 0.6 is 23.2 Å². The summed E-state index contributed by atoms with van der Waals surface area (Å²) in [5, 5.41) is 0. The van der Waals surface area contributed by atoms with E-state index in [9.17, 15) is 9.59 Å². The van der Waals surface area contributed by atoms with E-state index >= 15 is 0 Å². The fourth-order valence-corrected chi connectivity index (χ4v) is 1.78. The Kier molecular flexibility index (Phi) is 7.12. The highest BCUT2D eigenvalue weighted by molar-refractivity contribution is 6.27. The van der Waals surface area contributed by atoms with Gasteiger partial charge in [0.1, 0.15) is 18.4 Å². The van der Waals surface area contributed by atoms with E-state index in [1.54, 1.807) is 0 Å². The Morgan fingerprint density at radius 3 is 2.35 bits per heavy atom. The smallest absolute Gasteiger partial charge is 0.320 e. The lowest BCUT2D eigenvalue weighted by molar-refractivity contribution is -0.142. The molecule has 0 heterocycles. The van der Waals surface area contributed by atoms with Crippen molar-refractivity contribution in [1.82, 2.24) is 4.90 Å². The van der Waals surface area contributed by atoms with Gasteiger partial charge in [0.2, 0.25) is 5.91 Å². The van der Waals surface area contributed by atoms with Gasteiger partial charge in [-0.2, -0.15) is 0 Å². The highest BCUT2D eigenvalue weighted by atomic mass is 35.5. The summed E-state index contributed by atoms with van der Waals surface area (Å²) in [6.45, 7) is 4.12. The zero-order valence-electron chi connectivity index (χ0n) is 10.9. The Balaban J connectivity index is 2.72. The molecule has 108 valence electrons. The van der Waals surface area contributed by atoms with Crippen LogP contribution in [0.4, 0.5) is 0 Å². The van der Waals surface area contributed by atoms with Crippen LogP contribution in [0.3, 0.4) is 0 Å². The number of ether oxygens (including phenoxy) is 1. The topological polar surface area (TPSA) is 46.6 Å². The second kappa shape index (κ2) is 8.61. The number of alkyl halides is 2. The molecule has 0 fully saturated rings. The second-order valence-corrected chi connectivity index (χ2v) is 4.38. The average Bonchev–Trinajstić information content (AvgIpc) is 2.50. The van der Waals surface area contributed by atoms with Gasteiger partial charge in [-0.25, -0.2) is 0 Å². The van der Waals surface area contributed by atoms with Crippen LogP contribution in [-0.4, -0.2) is 41.7 Å². The SMILES string of the molecule is C=C(c1ccccc1)N(CCOC(=O)CCl)C(=O)CCl. The number of rotatable bonds is 7. The molecule has 0 atom stereocenters. The molecule has 0 unspecified atom stereocenters. The van der Waals surface area contributed by atoms with E-state index in [1.165, 1.54) is 4.90 Å². The van der Waals surface area contributed by atoms with Gasteiger partial charge in [0, 0.05) is 5.70 Å². The summed E-state index contributed by atoms with van der Waals surface area (Å²) in [7, 11) is 0. The van der Waals surface area contributed by atoms with Crippen LogP contribution in [0, 0.1) is 0 Å². The predicted molar refractivity (Wildman–Crippen MR) is 79.6 cm³/mol. The molecule has 1 rings (SSSR count). The Hall–Kier alpha value is -1.52. The Bertz CT molecular complexity index is 477. The van der Waals surface area contributed by atoms with Gasteiger partial charge in [-0.1, -0.05) is 36.9 Å². The predicted octanol–water partition coefficient (Wildman–Crippen LogP) is 2.51. The zero-order valence-corrected chi connectivity index (χ0v) is 12.4. The number of halogens is 2. The van der Waals surface area contributed by atoms with Gasteiger partial charge in [0.25, 0.3) is 0 Å². The maximum absolute atomic E-state index is 11.8. The lowest BCUT2D eigenvalue weighted by Gasteiger charge is -2.24. The molecule has 0 spiro atoms. The minimum Gasteiger partial charge on any atom is -0.463 e. The van der Waals surface area contributed by atoms with E-state index in [-0.39, 0.29) is 30.8 Å². The van der Waals surface area contributed by atoms with Gasteiger partial charge < -0.3 is 9.64 Å². The van der Waals surface area contributed by atoms with Gasteiger partial charge in [-0.05, 0) is 5.56 Å². The fourth-order valence-electron chi connectivity index (χ4n) is 1.56. The zero-order chi connectivity index (χ0) is 15.0. The summed E-state index contributed by atoms with van der Waals surface area (Å²) in [5.41, 5.74) is 1.31. The van der Waals surface area contributed by atoms with Crippen molar-refractivity contribution in [1.29, 1.82) is 0 Å². The molecular formula is C14H15Cl2NO3. The molecule has 0 radical (unpaired) electrons. The van der Waals surface area contributed by atoms with E-state index in [0.717, 1.165) is 5.56 Å². The third kappa shape index (κ3) is 4.87. The third-order valence-electron chi connectivity index (χ3n) is 2.54. The van der Waals surface area contributed by atoms with E-state index in [4.69, 9.17) is 27.9 Å². The molecule has 0 aliphatic rings. The number of esters is 1. The van der Waals surface area contributed by atoms with Crippen LogP contribution in [-0.2, 0) is 14.3 Å². The molecule has 0 bridgehead atoms. The third-order valence-corrected chi connectivity index (χ3v) is 2.98. The minimum atomic E-state index is -0.532. The number of carbonyl (C=O) groups excluding carboxylic acids is 2. The van der Waals surface area contributed by atoms with Crippen molar-refractivity contribution < 1.29 is 14.3 Å². The summed E-state index contributed by atoms with van der Waals surface area (Å²) in [6.07, 6.45) is 0. The Morgan fingerprint density at radius 2 is 1.80 bits per heavy atom. The van der Waals surface area contributed by atoms with Crippen LogP contribution < -0.4 is 0 Å². The Morgan fingerprint density at radius 1 is 1.15 bits per heavy atom. The van der Waals surface area contributed by atoms with Crippen molar-refractivity contribution in [3.63, 3.8) is 0 Å². The van der Waals surface area contributed by atoms with Crippen molar-refractivity contribution in [2.75, 3.05) is 24.9 Å². The molecule has 0 aliphatic carbocycles. The number of nitrogens with zero attached hydrogens (tertiary/aromatic N) is 1. The van der Waals surface area contributed by atoms with Gasteiger partial charge in [0.15, 0.2) is 0 Å². The summed E-state index contributed by atoms with van der Waals surface area (Å²) in [5.74, 6) is -1.23. The number of hydrogen-bond donors (Lipinski definition) is 0. The fraction of sp³-hybridized carbons (Fsp3) is 0.286. The molecule has 1 amide bonds. The van der Waals surface area contributed by atoms with Crippen molar-refractivity contribution in [2.24, 2.45) is 0 Å². The second-order valence-electron chi connectivity index (χ2n) is 3.85. The number of carbonyl (C=O) groups is 2. The van der Waals surface area contributed by atoms with E-state index < -0.39 is 5.97 Å². The highest BCUT2D eigenvalue weighted by Gasteiger charge is 2.17. The first kappa shape index (κ1) is 16.5. The van der Waals surface area contributed by atoms with Crippen LogP contribution in [0.5, 0.6) is 0 Å². The molecular weight excluding hydrogens is 301 g/mol.